The van der Waals surface area contributed by atoms with E-state index in [1.54, 1.807) is 18.2 Å². The minimum absolute atomic E-state index is 0.162. The summed E-state index contributed by atoms with van der Waals surface area (Å²) in [6.07, 6.45) is 1.17. The van der Waals surface area contributed by atoms with Gasteiger partial charge in [-0.1, -0.05) is 48.9 Å². The van der Waals surface area contributed by atoms with Crippen LogP contribution in [0.2, 0.25) is 0 Å². The van der Waals surface area contributed by atoms with Crippen molar-refractivity contribution in [3.8, 4) is 0 Å². The highest BCUT2D eigenvalue weighted by molar-refractivity contribution is 6.03. The maximum Gasteiger partial charge on any atom is 0.186 e. The van der Waals surface area contributed by atoms with Gasteiger partial charge in [0.25, 0.3) is 0 Å². The largest absolute Gasteiger partial charge is 0.297 e. The van der Waals surface area contributed by atoms with Crippen molar-refractivity contribution in [1.29, 1.82) is 0 Å². The second-order valence-corrected chi connectivity index (χ2v) is 6.25. The number of carbonyl (C=O) groups is 1. The molecule has 2 rings (SSSR count). The molecule has 0 radical (unpaired) electrons. The number of hydrogen-bond donors (Lipinski definition) is 0. The van der Waals surface area contributed by atoms with Crippen LogP contribution in [0.15, 0.2) is 48.5 Å². The minimum atomic E-state index is -0.753. The van der Waals surface area contributed by atoms with E-state index in [0.717, 1.165) is 5.56 Å². The van der Waals surface area contributed by atoms with E-state index in [2.05, 4.69) is 0 Å². The average Bonchev–Trinajstić information content (AvgIpc) is 2.54. The van der Waals surface area contributed by atoms with Gasteiger partial charge in [0.15, 0.2) is 5.78 Å². The number of aryl methyl sites for hydroxylation is 1. The lowest BCUT2D eigenvalue weighted by Gasteiger charge is -2.38. The first-order valence-electron chi connectivity index (χ1n) is 7.93. The van der Waals surface area contributed by atoms with Gasteiger partial charge in [-0.3, -0.25) is 9.69 Å². The number of benzene rings is 2. The fourth-order valence-corrected chi connectivity index (χ4v) is 2.98. The number of Topliss-reactive ketones (excluding diaryl/α,β-unsaturated/α-hetero) is 1. The summed E-state index contributed by atoms with van der Waals surface area (Å²) in [5.41, 5.74) is 1.67. The van der Waals surface area contributed by atoms with Crippen LogP contribution in [0.5, 0.6) is 0 Å². The smallest absolute Gasteiger partial charge is 0.186 e. The molecule has 2 aromatic carbocycles. The number of ketones is 1. The number of nitrogens with zero attached hydrogens (tertiary/aromatic N) is 1. The third-order valence-corrected chi connectivity index (χ3v) is 4.60. The SMILES string of the molecule is CCC(Cc1ccc(C)cc1)(C(=O)c1ccccc1F)N(C)C. The lowest BCUT2D eigenvalue weighted by atomic mass is 9.80. The molecule has 1 atom stereocenters. The highest BCUT2D eigenvalue weighted by Gasteiger charge is 2.40. The van der Waals surface area contributed by atoms with Crippen LogP contribution in [0.4, 0.5) is 4.39 Å². The van der Waals surface area contributed by atoms with Gasteiger partial charge in [0.2, 0.25) is 0 Å². The second-order valence-electron chi connectivity index (χ2n) is 6.25. The van der Waals surface area contributed by atoms with Gasteiger partial charge in [-0.25, -0.2) is 4.39 Å². The van der Waals surface area contributed by atoms with Crippen molar-refractivity contribution >= 4 is 5.78 Å². The van der Waals surface area contributed by atoms with Crippen molar-refractivity contribution < 1.29 is 9.18 Å². The molecular formula is C20H24FNO. The monoisotopic (exact) mass is 313 g/mol. The van der Waals surface area contributed by atoms with Crippen LogP contribution in [-0.2, 0) is 6.42 Å². The summed E-state index contributed by atoms with van der Waals surface area (Å²) in [6.45, 7) is 4.01. The van der Waals surface area contributed by atoms with Gasteiger partial charge < -0.3 is 0 Å². The Balaban J connectivity index is 2.45. The summed E-state index contributed by atoms with van der Waals surface area (Å²) >= 11 is 0. The zero-order valence-electron chi connectivity index (χ0n) is 14.3. The Kier molecular flexibility index (Phi) is 5.32. The molecule has 122 valence electrons. The van der Waals surface area contributed by atoms with Crippen LogP contribution in [-0.4, -0.2) is 30.3 Å². The Labute approximate surface area is 137 Å². The summed E-state index contributed by atoms with van der Waals surface area (Å²) in [4.78, 5) is 15.1. The minimum Gasteiger partial charge on any atom is -0.297 e. The van der Waals surface area contributed by atoms with Gasteiger partial charge in [-0.15, -0.1) is 0 Å². The van der Waals surface area contributed by atoms with E-state index in [0.29, 0.717) is 12.8 Å². The van der Waals surface area contributed by atoms with Gasteiger partial charge >= 0.3 is 0 Å². The lowest BCUT2D eigenvalue weighted by Crippen LogP contribution is -2.52. The van der Waals surface area contributed by atoms with Gasteiger partial charge in [0.1, 0.15) is 5.82 Å². The quantitative estimate of drug-likeness (QED) is 0.742. The van der Waals surface area contributed by atoms with E-state index in [9.17, 15) is 9.18 Å². The highest BCUT2D eigenvalue weighted by Crippen LogP contribution is 2.28. The zero-order chi connectivity index (χ0) is 17.0. The van der Waals surface area contributed by atoms with E-state index in [-0.39, 0.29) is 11.3 Å². The van der Waals surface area contributed by atoms with Crippen LogP contribution in [0.25, 0.3) is 0 Å². The van der Waals surface area contributed by atoms with Gasteiger partial charge in [-0.05, 0) is 51.6 Å². The summed E-state index contributed by atoms with van der Waals surface area (Å²) in [5, 5.41) is 0. The average molecular weight is 313 g/mol. The standard InChI is InChI=1S/C20H24FNO/c1-5-20(22(3)4,14-16-12-10-15(2)11-13-16)19(23)17-8-6-7-9-18(17)21/h6-13H,5,14H2,1-4H3. The Hall–Kier alpha value is -2.00. The number of hydrogen-bond acceptors (Lipinski definition) is 2. The fraction of sp³-hybridized carbons (Fsp3) is 0.350. The van der Waals surface area contributed by atoms with Crippen LogP contribution in [0.3, 0.4) is 0 Å². The normalized spacial score (nSPS) is 13.8. The second kappa shape index (κ2) is 7.05. The van der Waals surface area contributed by atoms with E-state index >= 15 is 0 Å². The molecule has 0 N–H and O–H groups in total. The molecule has 0 aliphatic rings. The van der Waals surface area contributed by atoms with Crippen molar-refractivity contribution in [2.45, 2.75) is 32.2 Å². The Morgan fingerprint density at radius 1 is 1.09 bits per heavy atom. The summed E-state index contributed by atoms with van der Waals surface area (Å²) in [5.74, 6) is -0.621. The first kappa shape index (κ1) is 17.4. The number of rotatable bonds is 6. The summed E-state index contributed by atoms with van der Waals surface area (Å²) in [6, 6.07) is 14.4. The first-order valence-corrected chi connectivity index (χ1v) is 7.93. The molecule has 2 nitrogen and oxygen atoms in total. The molecule has 0 saturated carbocycles. The molecular weight excluding hydrogens is 289 g/mol. The molecule has 0 fully saturated rings. The van der Waals surface area contributed by atoms with Crippen LogP contribution in [0, 0.1) is 12.7 Å². The van der Waals surface area contributed by atoms with Crippen molar-refractivity contribution in [3.63, 3.8) is 0 Å². The lowest BCUT2D eigenvalue weighted by molar-refractivity contribution is 0.0662. The first-order chi connectivity index (χ1) is 10.9. The molecule has 3 heteroatoms. The van der Waals surface area contributed by atoms with Crippen molar-refractivity contribution in [2.75, 3.05) is 14.1 Å². The fourth-order valence-electron chi connectivity index (χ4n) is 2.98. The Morgan fingerprint density at radius 2 is 1.70 bits per heavy atom. The summed E-state index contributed by atoms with van der Waals surface area (Å²) < 4.78 is 14.1. The molecule has 23 heavy (non-hydrogen) atoms. The number of carbonyl (C=O) groups excluding carboxylic acids is 1. The zero-order valence-corrected chi connectivity index (χ0v) is 14.3. The Morgan fingerprint density at radius 3 is 2.22 bits per heavy atom. The maximum absolute atomic E-state index is 14.1. The summed E-state index contributed by atoms with van der Waals surface area (Å²) in [7, 11) is 3.77. The molecule has 0 amide bonds. The van der Waals surface area contributed by atoms with Gasteiger partial charge in [0.05, 0.1) is 11.1 Å². The predicted molar refractivity (Wildman–Crippen MR) is 92.3 cm³/mol. The van der Waals surface area contributed by atoms with Crippen molar-refractivity contribution in [2.24, 2.45) is 0 Å². The molecule has 2 aromatic rings. The van der Waals surface area contributed by atoms with E-state index in [1.807, 2.05) is 57.1 Å². The Bertz CT molecular complexity index is 678. The number of halogens is 1. The maximum atomic E-state index is 14.1. The third kappa shape index (κ3) is 3.50. The van der Waals surface area contributed by atoms with E-state index < -0.39 is 11.4 Å². The molecule has 0 aromatic heterocycles. The third-order valence-electron chi connectivity index (χ3n) is 4.60. The van der Waals surface area contributed by atoms with Gasteiger partial charge in [-0.2, -0.15) is 0 Å². The molecule has 0 aliphatic heterocycles. The molecule has 0 heterocycles. The van der Waals surface area contributed by atoms with Crippen LogP contribution in [0.1, 0.15) is 34.8 Å². The van der Waals surface area contributed by atoms with Crippen LogP contribution >= 0.6 is 0 Å². The van der Waals surface area contributed by atoms with Gasteiger partial charge in [0, 0.05) is 0 Å². The molecule has 0 spiro atoms. The molecule has 0 saturated heterocycles. The topological polar surface area (TPSA) is 20.3 Å². The molecule has 0 bridgehead atoms. The van der Waals surface area contributed by atoms with Crippen molar-refractivity contribution in [1.82, 2.24) is 4.90 Å². The predicted octanol–water partition coefficient (Wildman–Crippen LogP) is 4.27. The van der Waals surface area contributed by atoms with E-state index in [1.165, 1.54) is 11.6 Å². The highest BCUT2D eigenvalue weighted by atomic mass is 19.1. The molecule has 1 unspecified atom stereocenters. The van der Waals surface area contributed by atoms with E-state index in [4.69, 9.17) is 0 Å². The number of likely N-dealkylation sites (N-methyl/N-ethyl adjacent to an activating group) is 1. The van der Waals surface area contributed by atoms with Crippen LogP contribution < -0.4 is 0 Å². The van der Waals surface area contributed by atoms with Crippen molar-refractivity contribution in [3.05, 3.63) is 71.0 Å². The molecule has 0 aliphatic carbocycles.